The van der Waals surface area contributed by atoms with Crippen molar-refractivity contribution in [2.45, 2.75) is 31.3 Å². The lowest BCUT2D eigenvalue weighted by Crippen LogP contribution is -2.45. The third-order valence-corrected chi connectivity index (χ3v) is 3.16. The van der Waals surface area contributed by atoms with Crippen molar-refractivity contribution < 1.29 is 24.8 Å². The van der Waals surface area contributed by atoms with Crippen LogP contribution in [0, 0.1) is 11.8 Å². The van der Waals surface area contributed by atoms with E-state index in [1.54, 1.807) is 0 Å². The Kier molecular flexibility index (Phi) is 4.95. The zero-order valence-electron chi connectivity index (χ0n) is 9.17. The standard InChI is InChI=1S/C10H20O5/c1-14-10(15-2)7-4-9(13)8(12)3-6(7)5-11/h6-13H,3-5H2,1-2H3/t6-,7-,8-,9+/m0/s1. The zero-order chi connectivity index (χ0) is 11.4. The second kappa shape index (κ2) is 5.77. The Bertz CT molecular complexity index is 183. The highest BCUT2D eigenvalue weighted by Crippen LogP contribution is 2.33. The van der Waals surface area contributed by atoms with Gasteiger partial charge in [-0.25, -0.2) is 0 Å². The van der Waals surface area contributed by atoms with Gasteiger partial charge in [0.1, 0.15) is 0 Å². The molecule has 5 heteroatoms. The first-order valence-corrected chi connectivity index (χ1v) is 5.16. The molecule has 3 N–H and O–H groups in total. The topological polar surface area (TPSA) is 79.2 Å². The summed E-state index contributed by atoms with van der Waals surface area (Å²) in [7, 11) is 3.06. The molecule has 0 aromatic heterocycles. The lowest BCUT2D eigenvalue weighted by Gasteiger charge is -2.39. The van der Waals surface area contributed by atoms with Crippen LogP contribution < -0.4 is 0 Å². The van der Waals surface area contributed by atoms with E-state index in [0.29, 0.717) is 12.8 Å². The Morgan fingerprint density at radius 2 is 1.67 bits per heavy atom. The van der Waals surface area contributed by atoms with E-state index in [0.717, 1.165) is 0 Å². The highest BCUT2D eigenvalue weighted by Gasteiger charge is 2.39. The fourth-order valence-corrected chi connectivity index (χ4v) is 2.26. The lowest BCUT2D eigenvalue weighted by atomic mass is 9.76. The quantitative estimate of drug-likeness (QED) is 0.548. The molecule has 0 spiro atoms. The van der Waals surface area contributed by atoms with Crippen LogP contribution in [0.2, 0.25) is 0 Å². The Labute approximate surface area is 89.6 Å². The van der Waals surface area contributed by atoms with Crippen molar-refractivity contribution in [3.05, 3.63) is 0 Å². The Morgan fingerprint density at radius 3 is 2.13 bits per heavy atom. The highest BCUT2D eigenvalue weighted by atomic mass is 16.7. The summed E-state index contributed by atoms with van der Waals surface area (Å²) in [6.45, 7) is -0.0301. The number of rotatable bonds is 4. The van der Waals surface area contributed by atoms with Crippen molar-refractivity contribution in [1.29, 1.82) is 0 Å². The molecule has 15 heavy (non-hydrogen) atoms. The summed E-state index contributed by atoms with van der Waals surface area (Å²) in [6.07, 6.45) is -1.19. The van der Waals surface area contributed by atoms with Gasteiger partial charge in [0.05, 0.1) is 12.2 Å². The number of methoxy groups -OCH3 is 2. The summed E-state index contributed by atoms with van der Waals surface area (Å²) in [5.74, 6) is -0.170. The second-order valence-electron chi connectivity index (χ2n) is 4.05. The smallest absolute Gasteiger partial charge is 0.160 e. The Balaban J connectivity index is 2.67. The largest absolute Gasteiger partial charge is 0.396 e. The van der Waals surface area contributed by atoms with E-state index in [1.807, 2.05) is 0 Å². The number of hydrogen-bond donors (Lipinski definition) is 3. The summed E-state index contributed by atoms with van der Waals surface area (Å²) in [5.41, 5.74) is 0. The van der Waals surface area contributed by atoms with Gasteiger partial charge in [-0.05, 0) is 18.8 Å². The summed E-state index contributed by atoms with van der Waals surface area (Å²) >= 11 is 0. The Hall–Kier alpha value is -0.200. The van der Waals surface area contributed by atoms with Crippen molar-refractivity contribution in [2.75, 3.05) is 20.8 Å². The van der Waals surface area contributed by atoms with Gasteiger partial charge < -0.3 is 24.8 Å². The van der Waals surface area contributed by atoms with Crippen molar-refractivity contribution in [2.24, 2.45) is 11.8 Å². The number of aliphatic hydroxyl groups is 3. The number of hydrogen-bond acceptors (Lipinski definition) is 5. The zero-order valence-corrected chi connectivity index (χ0v) is 9.17. The summed E-state index contributed by atoms with van der Waals surface area (Å²) < 4.78 is 10.3. The molecule has 0 amide bonds. The number of ether oxygens (including phenoxy) is 2. The molecule has 1 rings (SSSR count). The van der Waals surface area contributed by atoms with Gasteiger partial charge in [-0.1, -0.05) is 0 Å². The van der Waals surface area contributed by atoms with Gasteiger partial charge in [-0.3, -0.25) is 0 Å². The van der Waals surface area contributed by atoms with Gasteiger partial charge in [0.25, 0.3) is 0 Å². The normalized spacial score (nSPS) is 37.2. The molecule has 0 aromatic rings. The van der Waals surface area contributed by atoms with Gasteiger partial charge in [-0.15, -0.1) is 0 Å². The molecule has 0 bridgehead atoms. The molecule has 1 saturated carbocycles. The molecule has 1 aliphatic rings. The van der Waals surface area contributed by atoms with Crippen molar-refractivity contribution in [1.82, 2.24) is 0 Å². The maximum Gasteiger partial charge on any atom is 0.160 e. The number of aliphatic hydroxyl groups excluding tert-OH is 3. The lowest BCUT2D eigenvalue weighted by molar-refractivity contribution is -0.182. The molecule has 0 aromatic carbocycles. The van der Waals surface area contributed by atoms with Crippen LogP contribution in [0.3, 0.4) is 0 Å². The first-order chi connectivity index (χ1) is 7.13. The van der Waals surface area contributed by atoms with Crippen molar-refractivity contribution in [3.8, 4) is 0 Å². The second-order valence-corrected chi connectivity index (χ2v) is 4.05. The predicted octanol–water partition coefficient (Wildman–Crippen LogP) is -0.654. The molecule has 0 radical (unpaired) electrons. The molecule has 4 atom stereocenters. The van der Waals surface area contributed by atoms with Gasteiger partial charge in [0, 0.05) is 26.7 Å². The van der Waals surface area contributed by atoms with E-state index in [2.05, 4.69) is 0 Å². The third-order valence-electron chi connectivity index (χ3n) is 3.16. The summed E-state index contributed by atoms with van der Waals surface area (Å²) in [6, 6.07) is 0. The SMILES string of the molecule is COC(OC)[C@H]1C[C@@H](O)[C@@H](O)C[C@H]1CO. The molecule has 1 fully saturated rings. The van der Waals surface area contributed by atoms with E-state index in [9.17, 15) is 15.3 Å². The molecule has 0 aliphatic heterocycles. The van der Waals surface area contributed by atoms with Crippen LogP contribution in [0.1, 0.15) is 12.8 Å². The fourth-order valence-electron chi connectivity index (χ4n) is 2.26. The first kappa shape index (κ1) is 12.9. The molecule has 1 aliphatic carbocycles. The van der Waals surface area contributed by atoms with E-state index in [-0.39, 0.29) is 18.4 Å². The van der Waals surface area contributed by atoms with Crippen molar-refractivity contribution >= 4 is 0 Å². The molecule has 0 saturated heterocycles. The van der Waals surface area contributed by atoms with Crippen LogP contribution in [0.25, 0.3) is 0 Å². The highest BCUT2D eigenvalue weighted by molar-refractivity contribution is 4.86. The molecular formula is C10H20O5. The summed E-state index contributed by atoms with van der Waals surface area (Å²) in [5, 5.41) is 28.2. The minimum atomic E-state index is -0.759. The van der Waals surface area contributed by atoms with E-state index >= 15 is 0 Å². The molecule has 0 heterocycles. The van der Waals surface area contributed by atoms with Crippen LogP contribution in [0.15, 0.2) is 0 Å². The van der Waals surface area contributed by atoms with E-state index < -0.39 is 18.5 Å². The maximum atomic E-state index is 9.56. The van der Waals surface area contributed by atoms with E-state index in [4.69, 9.17) is 9.47 Å². The van der Waals surface area contributed by atoms with Gasteiger partial charge >= 0.3 is 0 Å². The van der Waals surface area contributed by atoms with Crippen LogP contribution in [0.4, 0.5) is 0 Å². The molecule has 5 nitrogen and oxygen atoms in total. The maximum absolute atomic E-state index is 9.56. The fraction of sp³-hybridized carbons (Fsp3) is 1.00. The van der Waals surface area contributed by atoms with Crippen LogP contribution in [-0.2, 0) is 9.47 Å². The van der Waals surface area contributed by atoms with Gasteiger partial charge in [0.15, 0.2) is 6.29 Å². The average Bonchev–Trinajstić information content (AvgIpc) is 2.24. The monoisotopic (exact) mass is 220 g/mol. The molecule has 0 unspecified atom stereocenters. The molecular weight excluding hydrogens is 200 g/mol. The average molecular weight is 220 g/mol. The van der Waals surface area contributed by atoms with Crippen LogP contribution in [-0.4, -0.2) is 54.6 Å². The minimum absolute atomic E-state index is 0.0301. The van der Waals surface area contributed by atoms with Crippen LogP contribution >= 0.6 is 0 Å². The van der Waals surface area contributed by atoms with Crippen molar-refractivity contribution in [3.63, 3.8) is 0 Å². The first-order valence-electron chi connectivity index (χ1n) is 5.16. The van der Waals surface area contributed by atoms with Crippen LogP contribution in [0.5, 0.6) is 0 Å². The molecule has 90 valence electrons. The van der Waals surface area contributed by atoms with Gasteiger partial charge in [0.2, 0.25) is 0 Å². The summed E-state index contributed by atoms with van der Waals surface area (Å²) in [4.78, 5) is 0. The minimum Gasteiger partial charge on any atom is -0.396 e. The third kappa shape index (κ3) is 2.89. The Morgan fingerprint density at radius 1 is 1.13 bits per heavy atom. The van der Waals surface area contributed by atoms with E-state index in [1.165, 1.54) is 14.2 Å². The predicted molar refractivity (Wildman–Crippen MR) is 53.1 cm³/mol. The van der Waals surface area contributed by atoms with Gasteiger partial charge in [-0.2, -0.15) is 0 Å².